The lowest BCUT2D eigenvalue weighted by atomic mass is 10.0. The van der Waals surface area contributed by atoms with Gasteiger partial charge in [0.05, 0.1) is 13.2 Å². The monoisotopic (exact) mass is 441 g/mol. The van der Waals surface area contributed by atoms with Gasteiger partial charge in [0.2, 0.25) is 12.6 Å². The molecule has 0 saturated heterocycles. The molecule has 2 unspecified atom stereocenters. The van der Waals surface area contributed by atoms with Crippen molar-refractivity contribution in [2.75, 3.05) is 13.2 Å². The Kier molecular flexibility index (Phi) is 12.8. The maximum atomic E-state index is 11.5. The van der Waals surface area contributed by atoms with E-state index in [9.17, 15) is 45.4 Å². The van der Waals surface area contributed by atoms with Crippen LogP contribution in [0.4, 0.5) is 0 Å². The first-order valence-electron chi connectivity index (χ1n) is 7.72. The van der Waals surface area contributed by atoms with E-state index in [2.05, 4.69) is 9.05 Å². The lowest BCUT2D eigenvalue weighted by molar-refractivity contribution is -0.196. The van der Waals surface area contributed by atoms with Crippen LogP contribution in [0.5, 0.6) is 0 Å². The van der Waals surface area contributed by atoms with Crippen LogP contribution in [0.3, 0.4) is 0 Å². The van der Waals surface area contributed by atoms with E-state index in [4.69, 9.17) is 20.4 Å². The van der Waals surface area contributed by atoms with Crippen LogP contribution in [0.25, 0.3) is 0 Å². The lowest BCUT2D eigenvalue weighted by Gasteiger charge is -2.26. The van der Waals surface area contributed by atoms with Crippen molar-refractivity contribution in [3.63, 3.8) is 0 Å². The molecule has 28 heavy (non-hydrogen) atoms. The van der Waals surface area contributed by atoms with Crippen LogP contribution in [-0.2, 0) is 13.6 Å². The molecule has 0 aliphatic heterocycles. The number of rotatable bonds is 14. The Hall–Kier alpha value is -0.460. The molecule has 10 atom stereocenters. The Morgan fingerprint density at radius 3 is 1.07 bits per heavy atom. The van der Waals surface area contributed by atoms with Crippen molar-refractivity contribution in [2.24, 2.45) is 0 Å². The van der Waals surface area contributed by atoms with E-state index < -0.39 is 82.9 Å². The molecular weight excluding hydrogens is 415 g/mol. The molecule has 0 aromatic carbocycles. The van der Waals surface area contributed by atoms with Crippen LogP contribution in [-0.4, -0.2) is 136 Å². The first kappa shape index (κ1) is 27.5. The van der Waals surface area contributed by atoms with Gasteiger partial charge in [-0.25, -0.2) is 0 Å². The molecule has 0 aromatic heterocycles. The molecule has 0 rings (SSSR count). The summed E-state index contributed by atoms with van der Waals surface area (Å²) in [5.41, 5.74) is 0. The molecule has 0 heterocycles. The molecule has 0 spiro atoms. The SMILES string of the molecule is O=[P+](OC(O)[C@H](O)[C@@H](O)[C@H](O)[C@H](O)CO)OC(O)[C@H](O)[C@@H](O)[C@H](O)[C@H](O)CO. The third kappa shape index (κ3) is 8.11. The van der Waals surface area contributed by atoms with E-state index in [1.165, 1.54) is 0 Å². The Morgan fingerprint density at radius 2 is 0.821 bits per heavy atom. The highest BCUT2D eigenvalue weighted by Crippen LogP contribution is 2.30. The van der Waals surface area contributed by atoms with E-state index in [-0.39, 0.29) is 0 Å². The molecule has 0 amide bonds. The van der Waals surface area contributed by atoms with Gasteiger partial charge in [-0.2, -0.15) is 0 Å². The number of aliphatic hydroxyl groups is 12. The normalized spacial score (nSPS) is 23.6. The highest BCUT2D eigenvalue weighted by molar-refractivity contribution is 7.33. The van der Waals surface area contributed by atoms with Gasteiger partial charge in [0, 0.05) is 4.57 Å². The van der Waals surface area contributed by atoms with E-state index in [1.54, 1.807) is 0 Å². The van der Waals surface area contributed by atoms with E-state index in [0.29, 0.717) is 0 Å². The van der Waals surface area contributed by atoms with Gasteiger partial charge >= 0.3 is 8.25 Å². The van der Waals surface area contributed by atoms with Crippen molar-refractivity contribution in [2.45, 2.75) is 61.4 Å². The molecule has 0 radical (unpaired) electrons. The van der Waals surface area contributed by atoms with Crippen molar-refractivity contribution in [3.05, 3.63) is 0 Å². The van der Waals surface area contributed by atoms with Crippen LogP contribution in [0, 0.1) is 0 Å². The summed E-state index contributed by atoms with van der Waals surface area (Å²) >= 11 is 0. The molecule has 0 saturated carbocycles. The zero-order chi connectivity index (χ0) is 22.2. The maximum absolute atomic E-state index is 11.5. The van der Waals surface area contributed by atoms with Crippen molar-refractivity contribution >= 4 is 8.25 Å². The van der Waals surface area contributed by atoms with Gasteiger partial charge in [-0.15, -0.1) is 0 Å². The maximum Gasteiger partial charge on any atom is 0.703 e. The number of hydrogen-bond acceptors (Lipinski definition) is 15. The third-order valence-corrected chi connectivity index (χ3v) is 4.31. The fourth-order valence-electron chi connectivity index (χ4n) is 1.74. The largest absolute Gasteiger partial charge is 0.703 e. The first-order valence-corrected chi connectivity index (χ1v) is 8.81. The predicted molar refractivity (Wildman–Crippen MR) is 84.0 cm³/mol. The van der Waals surface area contributed by atoms with E-state index >= 15 is 0 Å². The second-order valence-corrected chi connectivity index (χ2v) is 6.53. The molecule has 0 bridgehead atoms. The summed E-state index contributed by atoms with van der Waals surface area (Å²) in [5.74, 6) is 0. The summed E-state index contributed by atoms with van der Waals surface area (Å²) in [5, 5.41) is 111. The van der Waals surface area contributed by atoms with Crippen LogP contribution < -0.4 is 0 Å². The van der Waals surface area contributed by atoms with Crippen LogP contribution in [0.2, 0.25) is 0 Å². The quantitative estimate of drug-likeness (QED) is 0.0881. The number of aliphatic hydroxyl groups excluding tert-OH is 12. The molecule has 15 nitrogen and oxygen atoms in total. The Bertz CT molecular complexity index is 417. The third-order valence-electron chi connectivity index (χ3n) is 3.53. The second-order valence-electron chi connectivity index (χ2n) is 5.66. The molecular formula is C12H26O15P+. The van der Waals surface area contributed by atoms with Gasteiger partial charge < -0.3 is 61.3 Å². The van der Waals surface area contributed by atoms with Gasteiger partial charge in [-0.3, -0.25) is 0 Å². The van der Waals surface area contributed by atoms with Crippen molar-refractivity contribution in [1.82, 2.24) is 0 Å². The minimum Gasteiger partial charge on any atom is -0.394 e. The van der Waals surface area contributed by atoms with Crippen molar-refractivity contribution in [1.29, 1.82) is 0 Å². The van der Waals surface area contributed by atoms with Crippen LogP contribution in [0.15, 0.2) is 0 Å². The topological polar surface area (TPSA) is 278 Å². The minimum atomic E-state index is -3.53. The summed E-state index contributed by atoms with van der Waals surface area (Å²) in [6.07, 6.45) is -22.3. The Labute approximate surface area is 158 Å². The fraction of sp³-hybridized carbons (Fsp3) is 1.00. The van der Waals surface area contributed by atoms with Gasteiger partial charge in [0.15, 0.2) is 0 Å². The fourth-order valence-corrected chi connectivity index (χ4v) is 2.39. The average Bonchev–Trinajstić information content (AvgIpc) is 2.68. The summed E-state index contributed by atoms with van der Waals surface area (Å²) in [4.78, 5) is 0. The molecule has 12 N–H and O–H groups in total. The number of hydrogen-bond donors (Lipinski definition) is 12. The van der Waals surface area contributed by atoms with E-state index in [0.717, 1.165) is 0 Å². The van der Waals surface area contributed by atoms with Gasteiger partial charge in [-0.1, -0.05) is 9.05 Å². The van der Waals surface area contributed by atoms with Gasteiger partial charge in [-0.05, 0) is 0 Å². The Balaban J connectivity index is 4.70. The summed E-state index contributed by atoms with van der Waals surface area (Å²) in [6, 6.07) is 0. The summed E-state index contributed by atoms with van der Waals surface area (Å²) in [6.45, 7) is -2.00. The zero-order valence-electron chi connectivity index (χ0n) is 14.2. The second kappa shape index (κ2) is 13.0. The minimum absolute atomic E-state index is 0.998. The van der Waals surface area contributed by atoms with Crippen molar-refractivity contribution in [3.8, 4) is 0 Å². The smallest absolute Gasteiger partial charge is 0.394 e. The highest BCUT2D eigenvalue weighted by Gasteiger charge is 2.43. The molecule has 16 heteroatoms. The van der Waals surface area contributed by atoms with Gasteiger partial charge in [0.1, 0.15) is 48.8 Å². The highest BCUT2D eigenvalue weighted by atomic mass is 31.1. The lowest BCUT2D eigenvalue weighted by Crippen LogP contribution is -2.50. The van der Waals surface area contributed by atoms with Crippen LogP contribution >= 0.6 is 8.25 Å². The van der Waals surface area contributed by atoms with Gasteiger partial charge in [0.25, 0.3) is 0 Å². The summed E-state index contributed by atoms with van der Waals surface area (Å²) in [7, 11) is -3.53. The average molecular weight is 441 g/mol. The predicted octanol–water partition coefficient (Wildman–Crippen LogP) is -6.81. The summed E-state index contributed by atoms with van der Waals surface area (Å²) < 4.78 is 19.9. The first-order chi connectivity index (χ1) is 12.9. The van der Waals surface area contributed by atoms with Crippen molar-refractivity contribution < 1.29 is 74.9 Å². The molecule has 0 aliphatic rings. The molecule has 0 fully saturated rings. The molecule has 0 aliphatic carbocycles. The molecule has 168 valence electrons. The standard InChI is InChI=1S/C12H26O15P/c13-1-3(15)5(17)7(19)9(21)11(23)26-28(25)27-12(24)10(22)8(20)6(18)4(16)2-14/h3-24H,1-2H2/q+1/t3-,4-,5-,6-,7+,8+,9-,10-,11?,12?/m1/s1. The Morgan fingerprint density at radius 1 is 0.536 bits per heavy atom. The van der Waals surface area contributed by atoms with E-state index in [1.807, 2.05) is 0 Å². The van der Waals surface area contributed by atoms with Crippen LogP contribution in [0.1, 0.15) is 0 Å². The zero-order valence-corrected chi connectivity index (χ0v) is 15.1. The molecule has 0 aromatic rings.